The molecular weight excluding hydrogens is 176 g/mol. The van der Waals surface area contributed by atoms with Gasteiger partial charge in [0.05, 0.1) is 0 Å². The first-order valence-electron chi connectivity index (χ1n) is 3.70. The van der Waals surface area contributed by atoms with Gasteiger partial charge >= 0.3 is 0 Å². The van der Waals surface area contributed by atoms with Crippen molar-refractivity contribution in [1.82, 2.24) is 0 Å². The summed E-state index contributed by atoms with van der Waals surface area (Å²) in [4.78, 5) is 0. The third-order valence-corrected chi connectivity index (χ3v) is 3.42. The molecule has 1 aliphatic carbocycles. The number of hydrogen-bond donors (Lipinski definition) is 0. The highest BCUT2D eigenvalue weighted by atomic mass is 79.9. The monoisotopic (exact) mass is 190 g/mol. The molecule has 0 unspecified atom stereocenters. The summed E-state index contributed by atoms with van der Waals surface area (Å²) in [6.07, 6.45) is 4.38. The van der Waals surface area contributed by atoms with Gasteiger partial charge in [-0.05, 0) is 17.8 Å². The van der Waals surface area contributed by atoms with E-state index in [9.17, 15) is 0 Å². The molecule has 0 aromatic heterocycles. The molecule has 0 aliphatic heterocycles. The van der Waals surface area contributed by atoms with E-state index < -0.39 is 0 Å². The molecule has 0 radical (unpaired) electrons. The van der Waals surface area contributed by atoms with Crippen LogP contribution in [-0.4, -0.2) is 5.33 Å². The van der Waals surface area contributed by atoms with Gasteiger partial charge in [-0.2, -0.15) is 0 Å². The van der Waals surface area contributed by atoms with E-state index in [1.165, 1.54) is 19.3 Å². The molecule has 0 N–H and O–H groups in total. The highest BCUT2D eigenvalue weighted by molar-refractivity contribution is 9.09. The first-order chi connectivity index (χ1) is 4.14. The molecule has 0 amide bonds. The third kappa shape index (κ3) is 2.70. The van der Waals surface area contributed by atoms with E-state index in [-0.39, 0.29) is 0 Å². The van der Waals surface area contributed by atoms with Gasteiger partial charge in [0, 0.05) is 5.33 Å². The van der Waals surface area contributed by atoms with Crippen molar-refractivity contribution in [3.63, 3.8) is 0 Å². The van der Waals surface area contributed by atoms with E-state index in [0.717, 1.165) is 11.2 Å². The Morgan fingerprint density at radius 3 is 2.33 bits per heavy atom. The minimum Gasteiger partial charge on any atom is -0.0922 e. The van der Waals surface area contributed by atoms with Crippen molar-refractivity contribution in [3.8, 4) is 0 Å². The molecule has 0 bridgehead atoms. The van der Waals surface area contributed by atoms with Crippen molar-refractivity contribution in [2.45, 2.75) is 33.1 Å². The number of alkyl halides is 1. The summed E-state index contributed by atoms with van der Waals surface area (Å²) in [5, 5.41) is 1.15. The van der Waals surface area contributed by atoms with Crippen LogP contribution in [0, 0.1) is 11.3 Å². The predicted octanol–water partition coefficient (Wildman–Crippen LogP) is 3.21. The maximum atomic E-state index is 3.53. The second-order valence-corrected chi connectivity index (χ2v) is 4.51. The van der Waals surface area contributed by atoms with E-state index in [0.29, 0.717) is 5.41 Å². The zero-order valence-corrected chi connectivity index (χ0v) is 7.87. The van der Waals surface area contributed by atoms with E-state index in [4.69, 9.17) is 0 Å². The Morgan fingerprint density at radius 1 is 1.44 bits per heavy atom. The van der Waals surface area contributed by atoms with Crippen LogP contribution in [0.3, 0.4) is 0 Å². The van der Waals surface area contributed by atoms with Crippen molar-refractivity contribution >= 4 is 15.9 Å². The van der Waals surface area contributed by atoms with Crippen LogP contribution in [0.15, 0.2) is 0 Å². The summed E-state index contributed by atoms with van der Waals surface area (Å²) in [5.41, 5.74) is 0.543. The Labute approximate surface area is 66.2 Å². The van der Waals surface area contributed by atoms with Crippen LogP contribution in [0.4, 0.5) is 0 Å². The molecule has 0 saturated heterocycles. The zero-order chi connectivity index (χ0) is 6.91. The topological polar surface area (TPSA) is 0 Å². The summed E-state index contributed by atoms with van der Waals surface area (Å²) < 4.78 is 0. The quantitative estimate of drug-likeness (QED) is 0.601. The van der Waals surface area contributed by atoms with Crippen LogP contribution in [0.1, 0.15) is 33.1 Å². The van der Waals surface area contributed by atoms with Crippen molar-refractivity contribution in [2.24, 2.45) is 11.3 Å². The molecular formula is C8H15Br. The molecule has 1 aliphatic rings. The van der Waals surface area contributed by atoms with Crippen molar-refractivity contribution in [1.29, 1.82) is 0 Å². The fourth-order valence-electron chi connectivity index (χ4n) is 1.16. The van der Waals surface area contributed by atoms with Gasteiger partial charge in [0.15, 0.2) is 0 Å². The molecule has 0 atom stereocenters. The SMILES string of the molecule is CC(C)(CBr)CC1CC1. The van der Waals surface area contributed by atoms with Gasteiger partial charge in [-0.3, -0.25) is 0 Å². The Kier molecular flexibility index (Phi) is 2.20. The van der Waals surface area contributed by atoms with Gasteiger partial charge in [0.2, 0.25) is 0 Å². The summed E-state index contributed by atoms with van der Waals surface area (Å²) in [6, 6.07) is 0. The first-order valence-corrected chi connectivity index (χ1v) is 4.82. The third-order valence-electron chi connectivity index (χ3n) is 1.90. The van der Waals surface area contributed by atoms with Gasteiger partial charge in [0.25, 0.3) is 0 Å². The van der Waals surface area contributed by atoms with E-state index in [1.54, 1.807) is 0 Å². The molecule has 1 saturated carbocycles. The lowest BCUT2D eigenvalue weighted by atomic mass is 9.90. The highest BCUT2D eigenvalue weighted by Gasteiger charge is 2.28. The number of halogens is 1. The molecule has 1 rings (SSSR count). The highest BCUT2D eigenvalue weighted by Crippen LogP contribution is 2.40. The standard InChI is InChI=1S/C8H15Br/c1-8(2,6-9)5-7-3-4-7/h7H,3-6H2,1-2H3. The molecule has 9 heavy (non-hydrogen) atoms. The van der Waals surface area contributed by atoms with Crippen LogP contribution in [-0.2, 0) is 0 Å². The summed E-state index contributed by atoms with van der Waals surface area (Å²) >= 11 is 3.53. The molecule has 0 aromatic rings. The normalized spacial score (nSPS) is 20.3. The van der Waals surface area contributed by atoms with Gasteiger partial charge in [0.1, 0.15) is 0 Å². The molecule has 0 aromatic carbocycles. The van der Waals surface area contributed by atoms with Gasteiger partial charge < -0.3 is 0 Å². The van der Waals surface area contributed by atoms with Gasteiger partial charge in [-0.1, -0.05) is 42.6 Å². The van der Waals surface area contributed by atoms with Crippen molar-refractivity contribution in [3.05, 3.63) is 0 Å². The average Bonchev–Trinajstić information content (AvgIpc) is 2.50. The minimum atomic E-state index is 0.543. The average molecular weight is 191 g/mol. The van der Waals surface area contributed by atoms with Crippen LogP contribution in [0.2, 0.25) is 0 Å². The van der Waals surface area contributed by atoms with Gasteiger partial charge in [-0.25, -0.2) is 0 Å². The fourth-order valence-corrected chi connectivity index (χ4v) is 1.39. The second-order valence-electron chi connectivity index (χ2n) is 3.95. The van der Waals surface area contributed by atoms with E-state index in [1.807, 2.05) is 0 Å². The maximum absolute atomic E-state index is 3.53. The molecule has 1 heteroatoms. The lowest BCUT2D eigenvalue weighted by Crippen LogP contribution is -2.13. The van der Waals surface area contributed by atoms with E-state index in [2.05, 4.69) is 29.8 Å². The first kappa shape index (κ1) is 7.59. The molecule has 0 spiro atoms. The molecule has 0 nitrogen and oxygen atoms in total. The second kappa shape index (κ2) is 2.61. The lowest BCUT2D eigenvalue weighted by molar-refractivity contribution is 0.365. The van der Waals surface area contributed by atoms with Crippen LogP contribution < -0.4 is 0 Å². The van der Waals surface area contributed by atoms with Gasteiger partial charge in [-0.15, -0.1) is 0 Å². The van der Waals surface area contributed by atoms with E-state index >= 15 is 0 Å². The molecule has 1 fully saturated rings. The van der Waals surface area contributed by atoms with Crippen LogP contribution >= 0.6 is 15.9 Å². The summed E-state index contributed by atoms with van der Waals surface area (Å²) in [5.74, 6) is 1.07. The Balaban J connectivity index is 2.21. The molecule has 54 valence electrons. The Hall–Kier alpha value is 0.480. The summed E-state index contributed by atoms with van der Waals surface area (Å²) in [6.45, 7) is 4.67. The lowest BCUT2D eigenvalue weighted by Gasteiger charge is -2.20. The Bertz CT molecular complexity index is 92.7. The number of hydrogen-bond acceptors (Lipinski definition) is 0. The maximum Gasteiger partial charge on any atom is 0.00827 e. The summed E-state index contributed by atoms with van der Waals surface area (Å²) in [7, 11) is 0. The largest absolute Gasteiger partial charge is 0.0922 e. The van der Waals surface area contributed by atoms with Crippen molar-refractivity contribution < 1.29 is 0 Å². The minimum absolute atomic E-state index is 0.543. The zero-order valence-electron chi connectivity index (χ0n) is 6.28. The predicted molar refractivity (Wildman–Crippen MR) is 44.9 cm³/mol. The van der Waals surface area contributed by atoms with Crippen LogP contribution in [0.25, 0.3) is 0 Å². The fraction of sp³-hybridized carbons (Fsp3) is 1.00. The smallest absolute Gasteiger partial charge is 0.00827 e. The van der Waals surface area contributed by atoms with Crippen molar-refractivity contribution in [2.75, 3.05) is 5.33 Å². The molecule has 0 heterocycles. The Morgan fingerprint density at radius 2 is 2.00 bits per heavy atom. The number of rotatable bonds is 3. The van der Waals surface area contributed by atoms with Crippen LogP contribution in [0.5, 0.6) is 0 Å².